The summed E-state index contributed by atoms with van der Waals surface area (Å²) < 4.78 is 1.13. The molecule has 0 fully saturated rings. The summed E-state index contributed by atoms with van der Waals surface area (Å²) in [6.45, 7) is 0. The first-order chi connectivity index (χ1) is 8.83. The largest absolute Gasteiger partial charge is 0.360 e. The Labute approximate surface area is 119 Å². The van der Waals surface area contributed by atoms with Crippen molar-refractivity contribution >= 4 is 38.6 Å². The van der Waals surface area contributed by atoms with Gasteiger partial charge in [-0.05, 0) is 23.8 Å². The lowest BCUT2D eigenvalue weighted by Gasteiger charge is -2.01. The lowest BCUT2D eigenvalue weighted by molar-refractivity contribution is 1.37. The van der Waals surface area contributed by atoms with E-state index < -0.39 is 0 Å². The molecule has 90 valence electrons. The highest BCUT2D eigenvalue weighted by Gasteiger charge is 2.03. The Morgan fingerprint density at radius 2 is 1.78 bits per heavy atom. The Morgan fingerprint density at radius 1 is 1.00 bits per heavy atom. The molecule has 3 heteroatoms. The predicted octanol–water partition coefficient (Wildman–Crippen LogP) is 5.22. The van der Waals surface area contributed by atoms with Crippen molar-refractivity contribution in [1.82, 2.24) is 4.98 Å². The Kier molecular flexibility index (Phi) is 3.43. The van der Waals surface area contributed by atoms with Gasteiger partial charge < -0.3 is 4.98 Å². The first-order valence-corrected chi connectivity index (χ1v) is 7.54. The van der Waals surface area contributed by atoms with Gasteiger partial charge in [-0.15, -0.1) is 11.8 Å². The molecule has 0 aliphatic heterocycles. The number of para-hydroxylation sites is 1. The van der Waals surface area contributed by atoms with Crippen LogP contribution in [-0.4, -0.2) is 4.98 Å². The van der Waals surface area contributed by atoms with Gasteiger partial charge in [0.05, 0.1) is 0 Å². The van der Waals surface area contributed by atoms with E-state index in [4.69, 9.17) is 0 Å². The number of hydrogen-bond donors (Lipinski definition) is 1. The average molecular weight is 318 g/mol. The van der Waals surface area contributed by atoms with Gasteiger partial charge >= 0.3 is 0 Å². The number of halogens is 1. The van der Waals surface area contributed by atoms with E-state index in [1.807, 2.05) is 11.8 Å². The molecule has 0 saturated heterocycles. The molecule has 0 spiro atoms. The smallest absolute Gasteiger partial charge is 0.0465 e. The minimum atomic E-state index is 0.995. The van der Waals surface area contributed by atoms with Crippen molar-refractivity contribution in [2.45, 2.75) is 10.6 Å². The van der Waals surface area contributed by atoms with Crippen LogP contribution in [0.1, 0.15) is 5.56 Å². The third-order valence-corrected chi connectivity index (χ3v) is 4.51. The van der Waals surface area contributed by atoms with Gasteiger partial charge in [0.15, 0.2) is 0 Å². The number of nitrogens with one attached hydrogen (secondary N) is 1. The SMILES string of the molecule is Brc1ccc(CSc2c[nH]c3ccccc23)cc1. The molecule has 0 unspecified atom stereocenters. The van der Waals surface area contributed by atoms with E-state index in [1.54, 1.807) is 0 Å². The zero-order valence-corrected chi connectivity index (χ0v) is 12.1. The third kappa shape index (κ3) is 2.47. The summed E-state index contributed by atoms with van der Waals surface area (Å²) in [6.07, 6.45) is 2.09. The van der Waals surface area contributed by atoms with Crippen LogP contribution in [0.25, 0.3) is 10.9 Å². The molecule has 3 aromatic rings. The van der Waals surface area contributed by atoms with Gasteiger partial charge in [0, 0.05) is 32.2 Å². The van der Waals surface area contributed by atoms with Crippen LogP contribution in [0.5, 0.6) is 0 Å². The summed E-state index contributed by atoms with van der Waals surface area (Å²) in [5, 5.41) is 1.31. The van der Waals surface area contributed by atoms with Crippen molar-refractivity contribution < 1.29 is 0 Å². The topological polar surface area (TPSA) is 15.8 Å². The Balaban J connectivity index is 1.79. The fourth-order valence-electron chi connectivity index (χ4n) is 1.91. The lowest BCUT2D eigenvalue weighted by Crippen LogP contribution is -1.79. The summed E-state index contributed by atoms with van der Waals surface area (Å²) in [5.41, 5.74) is 2.55. The molecule has 0 bridgehead atoms. The molecule has 3 rings (SSSR count). The highest BCUT2D eigenvalue weighted by Crippen LogP contribution is 2.30. The summed E-state index contributed by atoms with van der Waals surface area (Å²) in [7, 11) is 0. The van der Waals surface area contributed by atoms with Crippen molar-refractivity contribution in [1.29, 1.82) is 0 Å². The Bertz CT molecular complexity index is 658. The number of hydrogen-bond acceptors (Lipinski definition) is 1. The normalized spacial score (nSPS) is 10.9. The number of aromatic amines is 1. The molecule has 1 nitrogen and oxygen atoms in total. The standard InChI is InChI=1S/C15H12BrNS/c16-12-7-5-11(6-8-12)10-18-15-9-17-14-4-2-1-3-13(14)15/h1-9,17H,10H2. The van der Waals surface area contributed by atoms with E-state index >= 15 is 0 Å². The summed E-state index contributed by atoms with van der Waals surface area (Å²) in [4.78, 5) is 4.62. The summed E-state index contributed by atoms with van der Waals surface area (Å²) in [6, 6.07) is 16.9. The van der Waals surface area contributed by atoms with Crippen molar-refractivity contribution in [2.24, 2.45) is 0 Å². The van der Waals surface area contributed by atoms with Crippen molar-refractivity contribution in [2.75, 3.05) is 0 Å². The van der Waals surface area contributed by atoms with Gasteiger partial charge in [-0.25, -0.2) is 0 Å². The van der Waals surface area contributed by atoms with Crippen LogP contribution in [0.2, 0.25) is 0 Å². The maximum Gasteiger partial charge on any atom is 0.0465 e. The van der Waals surface area contributed by atoms with E-state index in [0.29, 0.717) is 0 Å². The van der Waals surface area contributed by atoms with Crippen LogP contribution >= 0.6 is 27.7 Å². The highest BCUT2D eigenvalue weighted by atomic mass is 79.9. The van der Waals surface area contributed by atoms with Crippen molar-refractivity contribution in [3.63, 3.8) is 0 Å². The van der Waals surface area contributed by atoms with Gasteiger partial charge in [-0.1, -0.05) is 46.3 Å². The van der Waals surface area contributed by atoms with Gasteiger partial charge in [0.1, 0.15) is 0 Å². The quantitative estimate of drug-likeness (QED) is 0.654. The zero-order chi connectivity index (χ0) is 12.4. The highest BCUT2D eigenvalue weighted by molar-refractivity contribution is 9.10. The van der Waals surface area contributed by atoms with E-state index in [2.05, 4.69) is 75.6 Å². The molecule has 0 atom stereocenters. The minimum absolute atomic E-state index is 0.995. The Hall–Kier alpha value is -1.19. The van der Waals surface area contributed by atoms with Gasteiger partial charge in [-0.2, -0.15) is 0 Å². The molecule has 1 aromatic heterocycles. The molecule has 2 aromatic carbocycles. The number of H-pyrrole nitrogens is 1. The molecule has 18 heavy (non-hydrogen) atoms. The minimum Gasteiger partial charge on any atom is -0.360 e. The monoisotopic (exact) mass is 317 g/mol. The second-order valence-electron chi connectivity index (χ2n) is 4.11. The van der Waals surface area contributed by atoms with Crippen LogP contribution in [0.15, 0.2) is 64.1 Å². The van der Waals surface area contributed by atoms with Crippen molar-refractivity contribution in [3.8, 4) is 0 Å². The predicted molar refractivity (Wildman–Crippen MR) is 82.0 cm³/mol. The fraction of sp³-hybridized carbons (Fsp3) is 0.0667. The number of thioether (sulfide) groups is 1. The number of rotatable bonds is 3. The van der Waals surface area contributed by atoms with Gasteiger partial charge in [0.25, 0.3) is 0 Å². The molecular formula is C15H12BrNS. The summed E-state index contributed by atoms with van der Waals surface area (Å²) in [5.74, 6) is 0.995. The molecule has 1 heterocycles. The zero-order valence-electron chi connectivity index (χ0n) is 9.69. The number of aromatic nitrogens is 1. The maximum absolute atomic E-state index is 3.46. The van der Waals surface area contributed by atoms with Gasteiger partial charge in [-0.3, -0.25) is 0 Å². The van der Waals surface area contributed by atoms with Crippen molar-refractivity contribution in [3.05, 3.63) is 64.8 Å². The molecule has 0 aliphatic carbocycles. The van der Waals surface area contributed by atoms with Gasteiger partial charge in [0.2, 0.25) is 0 Å². The molecule has 0 saturated carbocycles. The maximum atomic E-state index is 3.46. The van der Waals surface area contributed by atoms with E-state index in [-0.39, 0.29) is 0 Å². The number of fused-ring (bicyclic) bond motifs is 1. The van der Waals surface area contributed by atoms with Crippen LogP contribution in [0.4, 0.5) is 0 Å². The lowest BCUT2D eigenvalue weighted by atomic mass is 10.2. The molecule has 0 radical (unpaired) electrons. The van der Waals surface area contributed by atoms with Crippen LogP contribution < -0.4 is 0 Å². The second kappa shape index (κ2) is 5.21. The first-order valence-electron chi connectivity index (χ1n) is 5.76. The fourth-order valence-corrected chi connectivity index (χ4v) is 3.16. The van der Waals surface area contributed by atoms with Crippen LogP contribution in [0.3, 0.4) is 0 Å². The summed E-state index contributed by atoms with van der Waals surface area (Å²) >= 11 is 5.32. The average Bonchev–Trinajstić information content (AvgIpc) is 2.82. The molecular weight excluding hydrogens is 306 g/mol. The molecule has 0 aliphatic rings. The van der Waals surface area contributed by atoms with Crippen LogP contribution in [-0.2, 0) is 5.75 Å². The molecule has 0 amide bonds. The van der Waals surface area contributed by atoms with E-state index in [9.17, 15) is 0 Å². The first kappa shape index (κ1) is 11.9. The van der Waals surface area contributed by atoms with E-state index in [0.717, 1.165) is 10.2 Å². The third-order valence-electron chi connectivity index (χ3n) is 2.86. The van der Waals surface area contributed by atoms with E-state index in [1.165, 1.54) is 21.4 Å². The molecule has 1 N–H and O–H groups in total. The second-order valence-corrected chi connectivity index (χ2v) is 6.05. The van der Waals surface area contributed by atoms with Crippen LogP contribution in [0, 0.1) is 0 Å². The Morgan fingerprint density at radius 3 is 2.61 bits per heavy atom. The number of benzene rings is 2.